The minimum absolute atomic E-state index is 0.334. The second kappa shape index (κ2) is 4.69. The Balaban J connectivity index is 1.62. The third-order valence-corrected chi connectivity index (χ3v) is 4.06. The van der Waals surface area contributed by atoms with E-state index in [0.717, 1.165) is 30.5 Å². The quantitative estimate of drug-likeness (QED) is 0.876. The van der Waals surface area contributed by atoms with Crippen molar-refractivity contribution in [2.45, 2.75) is 31.9 Å². The van der Waals surface area contributed by atoms with Gasteiger partial charge in [0.1, 0.15) is 5.82 Å². The molecule has 19 heavy (non-hydrogen) atoms. The Bertz CT molecular complexity index is 438. The normalized spacial score (nSPS) is 19.8. The van der Waals surface area contributed by atoms with Gasteiger partial charge in [-0.2, -0.15) is 13.2 Å². The molecule has 0 amide bonds. The van der Waals surface area contributed by atoms with Crippen molar-refractivity contribution in [2.24, 2.45) is 17.8 Å². The van der Waals surface area contributed by atoms with Crippen LogP contribution in [0.3, 0.4) is 0 Å². The summed E-state index contributed by atoms with van der Waals surface area (Å²) in [7, 11) is 0. The molecule has 0 aromatic carbocycles. The summed E-state index contributed by atoms with van der Waals surface area (Å²) >= 11 is 0. The highest BCUT2D eigenvalue weighted by Crippen LogP contribution is 2.49. The van der Waals surface area contributed by atoms with Crippen LogP contribution >= 0.6 is 0 Å². The van der Waals surface area contributed by atoms with Crippen molar-refractivity contribution in [1.82, 2.24) is 4.98 Å². The van der Waals surface area contributed by atoms with E-state index >= 15 is 0 Å². The number of alkyl halides is 3. The maximum Gasteiger partial charge on any atom is 0.416 e. The number of nitrogens with one attached hydrogen (secondary N) is 1. The molecule has 2 saturated carbocycles. The fourth-order valence-corrected chi connectivity index (χ4v) is 2.69. The highest BCUT2D eigenvalue weighted by Gasteiger charge is 2.41. The second-order valence-corrected chi connectivity index (χ2v) is 5.65. The van der Waals surface area contributed by atoms with Crippen LogP contribution in [0.15, 0.2) is 18.3 Å². The van der Waals surface area contributed by atoms with Crippen LogP contribution in [0.25, 0.3) is 0 Å². The van der Waals surface area contributed by atoms with E-state index in [1.807, 2.05) is 0 Å². The molecule has 3 rings (SSSR count). The number of hydrogen-bond donors (Lipinski definition) is 1. The number of anilines is 1. The first-order valence-corrected chi connectivity index (χ1v) is 6.81. The number of halogens is 3. The molecule has 0 saturated heterocycles. The number of nitrogens with zero attached hydrogens (tertiary/aromatic N) is 1. The molecule has 1 heterocycles. The van der Waals surface area contributed by atoms with Crippen molar-refractivity contribution in [1.29, 1.82) is 0 Å². The Morgan fingerprint density at radius 2 is 1.84 bits per heavy atom. The van der Waals surface area contributed by atoms with Gasteiger partial charge in [-0.05, 0) is 55.6 Å². The number of hydrogen-bond acceptors (Lipinski definition) is 2. The zero-order valence-corrected chi connectivity index (χ0v) is 10.6. The molecule has 104 valence electrons. The van der Waals surface area contributed by atoms with Gasteiger partial charge in [0.15, 0.2) is 0 Å². The van der Waals surface area contributed by atoms with Crippen molar-refractivity contribution in [3.63, 3.8) is 0 Å². The van der Waals surface area contributed by atoms with Crippen LogP contribution in [0.4, 0.5) is 19.0 Å². The second-order valence-electron chi connectivity index (χ2n) is 5.65. The van der Waals surface area contributed by atoms with E-state index in [-0.39, 0.29) is 0 Å². The summed E-state index contributed by atoms with van der Waals surface area (Å²) in [6, 6.07) is 2.10. The molecular formula is C14H17F3N2. The van der Waals surface area contributed by atoms with Crippen LogP contribution in [0.5, 0.6) is 0 Å². The van der Waals surface area contributed by atoms with Crippen LogP contribution in [0.1, 0.15) is 31.2 Å². The minimum Gasteiger partial charge on any atom is -0.370 e. The average molecular weight is 270 g/mol. The van der Waals surface area contributed by atoms with Gasteiger partial charge >= 0.3 is 6.18 Å². The van der Waals surface area contributed by atoms with Crippen LogP contribution in [-0.2, 0) is 6.18 Å². The average Bonchev–Trinajstić information content (AvgIpc) is 3.23. The summed E-state index contributed by atoms with van der Waals surface area (Å²) in [6.45, 7) is 0.754. The van der Waals surface area contributed by atoms with E-state index in [1.54, 1.807) is 0 Å². The monoisotopic (exact) mass is 270 g/mol. The maximum atomic E-state index is 12.6. The Morgan fingerprint density at radius 1 is 1.21 bits per heavy atom. The third kappa shape index (κ3) is 3.19. The van der Waals surface area contributed by atoms with E-state index < -0.39 is 11.7 Å². The lowest BCUT2D eigenvalue weighted by atomic mass is 9.98. The fraction of sp³-hybridized carbons (Fsp3) is 0.643. The lowest BCUT2D eigenvalue weighted by Gasteiger charge is -2.17. The first-order chi connectivity index (χ1) is 9.04. The molecule has 1 aromatic rings. The van der Waals surface area contributed by atoms with Crippen LogP contribution in [0.2, 0.25) is 0 Å². The van der Waals surface area contributed by atoms with Gasteiger partial charge < -0.3 is 5.32 Å². The van der Waals surface area contributed by atoms with Gasteiger partial charge in [-0.3, -0.25) is 0 Å². The Kier molecular flexibility index (Phi) is 3.15. The summed E-state index contributed by atoms with van der Waals surface area (Å²) in [6.07, 6.45) is 2.02. The van der Waals surface area contributed by atoms with Crippen LogP contribution in [-0.4, -0.2) is 11.5 Å². The summed E-state index contributed by atoms with van der Waals surface area (Å²) < 4.78 is 37.8. The van der Waals surface area contributed by atoms with Crippen molar-refractivity contribution < 1.29 is 13.2 Å². The Labute approximate surface area is 110 Å². The smallest absolute Gasteiger partial charge is 0.370 e. The highest BCUT2D eigenvalue weighted by atomic mass is 19.4. The molecule has 0 aliphatic heterocycles. The first kappa shape index (κ1) is 12.8. The zero-order valence-electron chi connectivity index (χ0n) is 10.6. The molecule has 2 fully saturated rings. The molecule has 0 atom stereocenters. The van der Waals surface area contributed by atoms with Crippen molar-refractivity contribution in [2.75, 3.05) is 11.9 Å². The topological polar surface area (TPSA) is 24.9 Å². The summed E-state index contributed by atoms with van der Waals surface area (Å²) in [5.41, 5.74) is -0.639. The summed E-state index contributed by atoms with van der Waals surface area (Å²) in [5, 5.41) is 3.09. The predicted octanol–water partition coefficient (Wildman–Crippen LogP) is 3.95. The van der Waals surface area contributed by atoms with Gasteiger partial charge in [0.2, 0.25) is 0 Å². The molecule has 0 spiro atoms. The number of rotatable bonds is 5. The maximum absolute atomic E-state index is 12.6. The van der Waals surface area contributed by atoms with Gasteiger partial charge in [0.25, 0.3) is 0 Å². The number of pyridine rings is 1. The Morgan fingerprint density at radius 3 is 2.37 bits per heavy atom. The van der Waals surface area contributed by atoms with Crippen molar-refractivity contribution in [3.05, 3.63) is 23.9 Å². The molecule has 0 radical (unpaired) electrons. The van der Waals surface area contributed by atoms with Crippen molar-refractivity contribution >= 4 is 5.82 Å². The molecule has 5 heteroatoms. The van der Waals surface area contributed by atoms with Gasteiger partial charge in [-0.1, -0.05) is 0 Å². The minimum atomic E-state index is -4.30. The Hall–Kier alpha value is -1.26. The highest BCUT2D eigenvalue weighted by molar-refractivity contribution is 5.38. The molecule has 2 aliphatic rings. The first-order valence-electron chi connectivity index (χ1n) is 6.81. The molecule has 0 bridgehead atoms. The van der Waals surface area contributed by atoms with E-state index in [2.05, 4.69) is 10.3 Å². The fourth-order valence-electron chi connectivity index (χ4n) is 2.69. The molecular weight excluding hydrogens is 253 g/mol. The molecule has 0 unspecified atom stereocenters. The van der Waals surface area contributed by atoms with E-state index in [0.29, 0.717) is 11.7 Å². The largest absolute Gasteiger partial charge is 0.416 e. The lowest BCUT2D eigenvalue weighted by molar-refractivity contribution is -0.137. The third-order valence-electron chi connectivity index (χ3n) is 4.06. The van der Waals surface area contributed by atoms with E-state index in [9.17, 15) is 13.2 Å². The summed E-state index contributed by atoms with van der Waals surface area (Å²) in [5.74, 6) is 2.52. The zero-order chi connectivity index (χ0) is 13.5. The standard InChI is InChI=1S/C14H17F3N2/c15-14(16,17)11-5-6-18-13(7-11)19-8-12(9-1-2-9)10-3-4-10/h5-7,9-10,12H,1-4,8H2,(H,18,19). The van der Waals surface area contributed by atoms with Gasteiger partial charge in [-0.15, -0.1) is 0 Å². The van der Waals surface area contributed by atoms with Crippen molar-refractivity contribution in [3.8, 4) is 0 Å². The van der Waals surface area contributed by atoms with E-state index in [1.165, 1.54) is 31.9 Å². The van der Waals surface area contributed by atoms with Crippen LogP contribution < -0.4 is 5.32 Å². The molecule has 2 aliphatic carbocycles. The van der Waals surface area contributed by atoms with Gasteiger partial charge in [-0.25, -0.2) is 4.98 Å². The van der Waals surface area contributed by atoms with Crippen LogP contribution in [0, 0.1) is 17.8 Å². The lowest BCUT2D eigenvalue weighted by Crippen LogP contribution is -2.19. The molecule has 2 nitrogen and oxygen atoms in total. The SMILES string of the molecule is FC(F)(F)c1ccnc(NCC(C2CC2)C2CC2)c1. The van der Waals surface area contributed by atoms with E-state index in [4.69, 9.17) is 0 Å². The predicted molar refractivity (Wildman–Crippen MR) is 66.7 cm³/mol. The van der Waals surface area contributed by atoms with Gasteiger partial charge in [0, 0.05) is 12.7 Å². The summed E-state index contributed by atoms with van der Waals surface area (Å²) in [4.78, 5) is 3.97. The van der Waals surface area contributed by atoms with Gasteiger partial charge in [0.05, 0.1) is 5.56 Å². The molecule has 1 N–H and O–H groups in total. The molecule has 1 aromatic heterocycles. The number of aromatic nitrogens is 1.